The van der Waals surface area contributed by atoms with Crippen LogP contribution in [0.25, 0.3) is 0 Å². The van der Waals surface area contributed by atoms with Crippen LogP contribution in [0.5, 0.6) is 0 Å². The van der Waals surface area contributed by atoms with Crippen molar-refractivity contribution in [2.24, 2.45) is 23.4 Å². The topological polar surface area (TPSA) is 132 Å². The fourth-order valence-corrected chi connectivity index (χ4v) is 4.56. The largest absolute Gasteiger partial charge is 0.371 e. The standard InChI is InChI=1S/C26H41N5O3S/c1-6-11-34-23(14-21(27)16(2)3)26-30-22(15-35-26)25(33)29-20(12-18(5)24(32)31-28)13-19-9-7-17(4)8-10-19/h7-10,15-16,18,20-21,23H,6,11-14,27-28H2,1-5H3,(H,29,33)(H,31,32)/t18-,20?,21+,23?/m0/s1. The van der Waals surface area contributed by atoms with Gasteiger partial charge in [-0.25, -0.2) is 10.8 Å². The van der Waals surface area contributed by atoms with E-state index in [0.29, 0.717) is 37.5 Å². The molecule has 194 valence electrons. The van der Waals surface area contributed by atoms with Gasteiger partial charge >= 0.3 is 0 Å². The number of nitrogens with one attached hydrogen (secondary N) is 2. The van der Waals surface area contributed by atoms with E-state index in [1.165, 1.54) is 11.3 Å². The molecule has 1 heterocycles. The van der Waals surface area contributed by atoms with Crippen LogP contribution in [-0.2, 0) is 16.0 Å². The van der Waals surface area contributed by atoms with Gasteiger partial charge in [0.2, 0.25) is 5.91 Å². The van der Waals surface area contributed by atoms with Gasteiger partial charge in [-0.05, 0) is 44.1 Å². The monoisotopic (exact) mass is 503 g/mol. The van der Waals surface area contributed by atoms with Crippen molar-refractivity contribution in [3.05, 3.63) is 51.5 Å². The van der Waals surface area contributed by atoms with Crippen LogP contribution in [0.15, 0.2) is 29.6 Å². The van der Waals surface area contributed by atoms with E-state index in [2.05, 4.69) is 36.5 Å². The molecule has 0 bridgehead atoms. The maximum absolute atomic E-state index is 13.1. The number of amides is 2. The summed E-state index contributed by atoms with van der Waals surface area (Å²) in [5.41, 5.74) is 11.1. The van der Waals surface area contributed by atoms with Crippen LogP contribution in [0.1, 0.15) is 79.7 Å². The van der Waals surface area contributed by atoms with Crippen LogP contribution in [0.2, 0.25) is 0 Å². The lowest BCUT2D eigenvalue weighted by Gasteiger charge is -2.22. The summed E-state index contributed by atoms with van der Waals surface area (Å²) in [6, 6.07) is 7.87. The van der Waals surface area contributed by atoms with E-state index in [4.69, 9.17) is 16.3 Å². The van der Waals surface area contributed by atoms with Crippen LogP contribution in [-0.4, -0.2) is 35.5 Å². The van der Waals surface area contributed by atoms with E-state index in [1.807, 2.05) is 31.2 Å². The molecule has 0 aliphatic heterocycles. The summed E-state index contributed by atoms with van der Waals surface area (Å²) in [5, 5.41) is 5.59. The second kappa shape index (κ2) is 14.3. The van der Waals surface area contributed by atoms with E-state index >= 15 is 0 Å². The highest BCUT2D eigenvalue weighted by molar-refractivity contribution is 7.09. The van der Waals surface area contributed by atoms with Crippen molar-refractivity contribution >= 4 is 23.2 Å². The Labute approximate surface area is 213 Å². The molecule has 0 aliphatic carbocycles. The van der Waals surface area contributed by atoms with Gasteiger partial charge in [0.1, 0.15) is 16.8 Å². The van der Waals surface area contributed by atoms with Gasteiger partial charge in [-0.1, -0.05) is 57.5 Å². The van der Waals surface area contributed by atoms with E-state index < -0.39 is 0 Å². The van der Waals surface area contributed by atoms with Gasteiger partial charge in [0, 0.05) is 30.0 Å². The zero-order valence-electron chi connectivity index (χ0n) is 21.5. The number of rotatable bonds is 14. The van der Waals surface area contributed by atoms with E-state index in [0.717, 1.165) is 22.6 Å². The Morgan fingerprint density at radius 3 is 2.43 bits per heavy atom. The summed E-state index contributed by atoms with van der Waals surface area (Å²) < 4.78 is 6.03. The number of carbonyl (C=O) groups is 2. The minimum absolute atomic E-state index is 0.0212. The lowest BCUT2D eigenvalue weighted by atomic mass is 9.95. The van der Waals surface area contributed by atoms with Gasteiger partial charge in [0.15, 0.2) is 0 Å². The number of ether oxygens (including phenoxy) is 1. The average Bonchev–Trinajstić information content (AvgIpc) is 3.32. The van der Waals surface area contributed by atoms with Gasteiger partial charge in [-0.2, -0.15) is 0 Å². The maximum atomic E-state index is 13.1. The molecule has 2 unspecified atom stereocenters. The van der Waals surface area contributed by atoms with Gasteiger partial charge < -0.3 is 15.8 Å². The number of thiazole rings is 1. The maximum Gasteiger partial charge on any atom is 0.270 e. The Hall–Kier alpha value is -2.33. The van der Waals surface area contributed by atoms with Crippen molar-refractivity contribution < 1.29 is 14.3 Å². The summed E-state index contributed by atoms with van der Waals surface area (Å²) in [6.45, 7) is 10.7. The average molecular weight is 504 g/mol. The number of benzene rings is 1. The second-order valence-corrected chi connectivity index (χ2v) is 10.5. The lowest BCUT2D eigenvalue weighted by Crippen LogP contribution is -2.42. The molecule has 2 rings (SSSR count). The molecule has 6 N–H and O–H groups in total. The highest BCUT2D eigenvalue weighted by Gasteiger charge is 2.25. The molecule has 9 heteroatoms. The highest BCUT2D eigenvalue weighted by Crippen LogP contribution is 2.28. The molecule has 1 aromatic carbocycles. The van der Waals surface area contributed by atoms with Crippen molar-refractivity contribution in [2.45, 2.75) is 78.5 Å². The lowest BCUT2D eigenvalue weighted by molar-refractivity contribution is -0.124. The van der Waals surface area contributed by atoms with Crippen molar-refractivity contribution in [3.63, 3.8) is 0 Å². The first-order valence-corrected chi connectivity index (χ1v) is 13.2. The molecular weight excluding hydrogens is 462 g/mol. The van der Waals surface area contributed by atoms with Crippen LogP contribution in [0.4, 0.5) is 0 Å². The number of nitrogens with two attached hydrogens (primary N) is 2. The van der Waals surface area contributed by atoms with E-state index in [1.54, 1.807) is 12.3 Å². The Bertz CT molecular complexity index is 931. The van der Waals surface area contributed by atoms with Crippen LogP contribution in [0.3, 0.4) is 0 Å². The Balaban J connectivity index is 2.16. The van der Waals surface area contributed by atoms with Crippen molar-refractivity contribution in [2.75, 3.05) is 6.61 Å². The van der Waals surface area contributed by atoms with Crippen molar-refractivity contribution in [1.29, 1.82) is 0 Å². The summed E-state index contributed by atoms with van der Waals surface area (Å²) in [7, 11) is 0. The van der Waals surface area contributed by atoms with Crippen LogP contribution >= 0.6 is 11.3 Å². The van der Waals surface area contributed by atoms with Crippen LogP contribution < -0.4 is 22.3 Å². The van der Waals surface area contributed by atoms with E-state index in [-0.39, 0.29) is 35.9 Å². The molecule has 2 aromatic rings. The molecule has 0 fully saturated rings. The van der Waals surface area contributed by atoms with Gasteiger partial charge in [-0.15, -0.1) is 11.3 Å². The highest BCUT2D eigenvalue weighted by atomic mass is 32.1. The van der Waals surface area contributed by atoms with E-state index in [9.17, 15) is 9.59 Å². The number of hydrazine groups is 1. The SMILES string of the molecule is CCCOC(C[C@@H](N)C(C)C)c1nc(C(=O)NC(Cc2ccc(C)cc2)C[C@H](C)C(=O)NN)cs1. The van der Waals surface area contributed by atoms with Crippen molar-refractivity contribution in [1.82, 2.24) is 15.7 Å². The molecule has 0 spiro atoms. The third-order valence-corrected chi connectivity index (χ3v) is 7.00. The third-order valence-electron chi connectivity index (χ3n) is 6.06. The van der Waals surface area contributed by atoms with Gasteiger partial charge in [0.05, 0.1) is 0 Å². The fourth-order valence-electron chi connectivity index (χ4n) is 3.70. The minimum Gasteiger partial charge on any atom is -0.371 e. The smallest absolute Gasteiger partial charge is 0.270 e. The van der Waals surface area contributed by atoms with Crippen molar-refractivity contribution in [3.8, 4) is 0 Å². The molecule has 4 atom stereocenters. The third kappa shape index (κ3) is 9.33. The molecule has 8 nitrogen and oxygen atoms in total. The number of nitrogens with zero attached hydrogens (tertiary/aromatic N) is 1. The zero-order chi connectivity index (χ0) is 26.0. The number of aromatic nitrogens is 1. The molecule has 0 aliphatic rings. The number of hydrogen-bond donors (Lipinski definition) is 4. The normalized spacial score (nSPS) is 14.9. The Morgan fingerprint density at radius 2 is 1.83 bits per heavy atom. The zero-order valence-corrected chi connectivity index (χ0v) is 22.4. The predicted octanol–water partition coefficient (Wildman–Crippen LogP) is 3.65. The Kier molecular flexibility index (Phi) is 11.8. The molecular formula is C26H41N5O3S. The summed E-state index contributed by atoms with van der Waals surface area (Å²) >= 11 is 1.41. The summed E-state index contributed by atoms with van der Waals surface area (Å²) in [5.74, 6) is 4.74. The molecule has 35 heavy (non-hydrogen) atoms. The molecule has 1 aromatic heterocycles. The number of hydrogen-bond acceptors (Lipinski definition) is 7. The van der Waals surface area contributed by atoms with Gasteiger partial charge in [-0.3, -0.25) is 15.0 Å². The summed E-state index contributed by atoms with van der Waals surface area (Å²) in [4.78, 5) is 29.8. The Morgan fingerprint density at radius 1 is 1.14 bits per heavy atom. The van der Waals surface area contributed by atoms with Gasteiger partial charge in [0.25, 0.3) is 5.91 Å². The fraction of sp³-hybridized carbons (Fsp3) is 0.577. The molecule has 0 saturated heterocycles. The minimum atomic E-state index is -0.355. The second-order valence-electron chi connectivity index (χ2n) is 9.58. The summed E-state index contributed by atoms with van der Waals surface area (Å²) in [6.07, 6.45) is 2.34. The first-order valence-electron chi connectivity index (χ1n) is 12.3. The first kappa shape index (κ1) is 28.9. The number of aryl methyl sites for hydroxylation is 1. The predicted molar refractivity (Wildman–Crippen MR) is 141 cm³/mol. The number of carbonyl (C=O) groups excluding carboxylic acids is 2. The van der Waals surface area contributed by atoms with Crippen LogP contribution in [0, 0.1) is 18.8 Å². The first-order chi connectivity index (χ1) is 16.6. The quantitative estimate of drug-likeness (QED) is 0.177. The molecule has 0 radical (unpaired) electrons. The molecule has 0 saturated carbocycles. The molecule has 2 amide bonds.